The van der Waals surface area contributed by atoms with Crippen LogP contribution < -0.4 is 4.74 Å². The van der Waals surface area contributed by atoms with Crippen LogP contribution in [0, 0.1) is 0 Å². The average molecular weight is 355 g/mol. The van der Waals surface area contributed by atoms with Crippen molar-refractivity contribution >= 4 is 29.2 Å². The SMILES string of the molecule is CC.COC(=O)Cc1ccc(OCc2ccc(Cl)c(Cl)c2)cc1. The summed E-state index contributed by atoms with van der Waals surface area (Å²) in [6.45, 7) is 4.40. The normalized spacial score (nSPS) is 9.61. The summed E-state index contributed by atoms with van der Waals surface area (Å²) in [6, 6.07) is 12.7. The van der Waals surface area contributed by atoms with Crippen LogP contribution in [-0.2, 0) is 22.6 Å². The number of hydrogen-bond acceptors (Lipinski definition) is 3. The predicted octanol–water partition coefficient (Wildman–Crippen LogP) is 5.31. The van der Waals surface area contributed by atoms with E-state index in [9.17, 15) is 4.79 Å². The summed E-state index contributed by atoms with van der Waals surface area (Å²) >= 11 is 11.8. The van der Waals surface area contributed by atoms with Gasteiger partial charge >= 0.3 is 5.97 Å². The van der Waals surface area contributed by atoms with E-state index in [0.717, 1.165) is 16.9 Å². The fraction of sp³-hybridized carbons (Fsp3) is 0.278. The molecule has 0 saturated carbocycles. The second-order valence-corrected chi connectivity index (χ2v) is 5.25. The maximum atomic E-state index is 11.2. The van der Waals surface area contributed by atoms with E-state index in [-0.39, 0.29) is 12.4 Å². The Labute approximate surface area is 147 Å². The van der Waals surface area contributed by atoms with Crippen molar-refractivity contribution in [3.8, 4) is 5.75 Å². The number of carbonyl (C=O) groups excluding carboxylic acids is 1. The van der Waals surface area contributed by atoms with E-state index in [1.807, 2.05) is 44.2 Å². The number of carbonyl (C=O) groups is 1. The largest absolute Gasteiger partial charge is 0.489 e. The number of benzene rings is 2. The van der Waals surface area contributed by atoms with Crippen molar-refractivity contribution in [1.29, 1.82) is 0 Å². The smallest absolute Gasteiger partial charge is 0.309 e. The first-order valence-electron chi connectivity index (χ1n) is 7.31. The van der Waals surface area contributed by atoms with Gasteiger partial charge in [-0.25, -0.2) is 0 Å². The van der Waals surface area contributed by atoms with Crippen LogP contribution >= 0.6 is 23.2 Å². The highest BCUT2D eigenvalue weighted by atomic mass is 35.5. The molecule has 0 aliphatic heterocycles. The number of esters is 1. The lowest BCUT2D eigenvalue weighted by Crippen LogP contribution is -2.04. The number of rotatable bonds is 5. The van der Waals surface area contributed by atoms with E-state index >= 15 is 0 Å². The number of halogens is 2. The van der Waals surface area contributed by atoms with Gasteiger partial charge < -0.3 is 9.47 Å². The number of methoxy groups -OCH3 is 1. The van der Waals surface area contributed by atoms with Crippen molar-refractivity contribution in [2.45, 2.75) is 26.9 Å². The van der Waals surface area contributed by atoms with Gasteiger partial charge in [-0.1, -0.05) is 55.2 Å². The average Bonchev–Trinajstić information content (AvgIpc) is 2.59. The molecule has 0 radical (unpaired) electrons. The molecule has 5 heteroatoms. The van der Waals surface area contributed by atoms with Crippen molar-refractivity contribution in [2.75, 3.05) is 7.11 Å². The van der Waals surface area contributed by atoms with Crippen LogP contribution in [0.15, 0.2) is 42.5 Å². The second-order valence-electron chi connectivity index (χ2n) is 4.43. The molecule has 0 aliphatic rings. The highest BCUT2D eigenvalue weighted by Crippen LogP contribution is 2.23. The molecule has 0 unspecified atom stereocenters. The first-order chi connectivity index (χ1) is 11.1. The third-order valence-electron chi connectivity index (χ3n) is 2.89. The van der Waals surface area contributed by atoms with Gasteiger partial charge in [-0.05, 0) is 35.4 Å². The van der Waals surface area contributed by atoms with Crippen molar-refractivity contribution in [3.05, 3.63) is 63.6 Å². The zero-order chi connectivity index (χ0) is 17.2. The van der Waals surface area contributed by atoms with Gasteiger partial charge in [-0.15, -0.1) is 0 Å². The van der Waals surface area contributed by atoms with Crippen LogP contribution in [0.2, 0.25) is 10.0 Å². The molecule has 0 N–H and O–H groups in total. The molecule has 0 aliphatic carbocycles. The summed E-state index contributed by atoms with van der Waals surface area (Å²) in [5.41, 5.74) is 1.81. The number of ether oxygens (including phenoxy) is 2. The molecular formula is C18H20Cl2O3. The second kappa shape index (κ2) is 10.1. The first-order valence-corrected chi connectivity index (χ1v) is 8.06. The Kier molecular flexibility index (Phi) is 8.52. The highest BCUT2D eigenvalue weighted by Gasteiger charge is 2.04. The Hall–Kier alpha value is -1.71. The predicted molar refractivity (Wildman–Crippen MR) is 94.3 cm³/mol. The van der Waals surface area contributed by atoms with Gasteiger partial charge in [0.1, 0.15) is 12.4 Å². The lowest BCUT2D eigenvalue weighted by molar-refractivity contribution is -0.139. The molecule has 0 atom stereocenters. The molecule has 0 fully saturated rings. The Morgan fingerprint density at radius 3 is 2.13 bits per heavy atom. The summed E-state index contributed by atoms with van der Waals surface area (Å²) in [4.78, 5) is 11.2. The molecule has 0 spiro atoms. The maximum Gasteiger partial charge on any atom is 0.309 e. The van der Waals surface area contributed by atoms with Gasteiger partial charge in [0.25, 0.3) is 0 Å². The summed E-state index contributed by atoms with van der Waals surface area (Å²) in [7, 11) is 1.37. The van der Waals surface area contributed by atoms with Crippen molar-refractivity contribution in [2.24, 2.45) is 0 Å². The Morgan fingerprint density at radius 1 is 0.957 bits per heavy atom. The van der Waals surface area contributed by atoms with E-state index in [1.54, 1.807) is 12.1 Å². The fourth-order valence-corrected chi connectivity index (χ4v) is 2.06. The third kappa shape index (κ3) is 6.51. The molecular weight excluding hydrogens is 335 g/mol. The lowest BCUT2D eigenvalue weighted by atomic mass is 10.1. The summed E-state index contributed by atoms with van der Waals surface area (Å²) in [6.07, 6.45) is 0.254. The molecule has 0 bridgehead atoms. The molecule has 0 heterocycles. The zero-order valence-electron chi connectivity index (χ0n) is 13.4. The van der Waals surface area contributed by atoms with Gasteiger partial charge in [-0.3, -0.25) is 4.79 Å². The summed E-state index contributed by atoms with van der Waals surface area (Å²) < 4.78 is 10.3. The summed E-state index contributed by atoms with van der Waals surface area (Å²) in [5, 5.41) is 1.03. The minimum atomic E-state index is -0.264. The van der Waals surface area contributed by atoms with Crippen LogP contribution in [0.4, 0.5) is 0 Å². The van der Waals surface area contributed by atoms with Crippen LogP contribution in [0.25, 0.3) is 0 Å². The van der Waals surface area contributed by atoms with Crippen LogP contribution in [0.3, 0.4) is 0 Å². The Bertz CT molecular complexity index is 625. The van der Waals surface area contributed by atoms with E-state index in [2.05, 4.69) is 4.74 Å². The minimum absolute atomic E-state index is 0.254. The highest BCUT2D eigenvalue weighted by molar-refractivity contribution is 6.42. The molecule has 0 saturated heterocycles. The third-order valence-corrected chi connectivity index (χ3v) is 3.63. The minimum Gasteiger partial charge on any atom is -0.489 e. The van der Waals surface area contributed by atoms with E-state index < -0.39 is 0 Å². The maximum absolute atomic E-state index is 11.2. The van der Waals surface area contributed by atoms with Gasteiger partial charge in [-0.2, -0.15) is 0 Å². The van der Waals surface area contributed by atoms with E-state index in [0.29, 0.717) is 16.7 Å². The van der Waals surface area contributed by atoms with Crippen LogP contribution in [0.1, 0.15) is 25.0 Å². The topological polar surface area (TPSA) is 35.5 Å². The molecule has 0 amide bonds. The molecule has 3 nitrogen and oxygen atoms in total. The zero-order valence-corrected chi connectivity index (χ0v) is 14.9. The lowest BCUT2D eigenvalue weighted by Gasteiger charge is -2.08. The molecule has 23 heavy (non-hydrogen) atoms. The van der Waals surface area contributed by atoms with Gasteiger partial charge in [0.05, 0.1) is 23.6 Å². The van der Waals surface area contributed by atoms with E-state index in [4.69, 9.17) is 27.9 Å². The molecule has 0 aromatic heterocycles. The summed E-state index contributed by atoms with van der Waals surface area (Å²) in [5.74, 6) is 0.453. The molecule has 2 aromatic carbocycles. The molecule has 2 rings (SSSR count). The van der Waals surface area contributed by atoms with Crippen LogP contribution in [-0.4, -0.2) is 13.1 Å². The fourth-order valence-electron chi connectivity index (χ4n) is 1.74. The van der Waals surface area contributed by atoms with E-state index in [1.165, 1.54) is 7.11 Å². The van der Waals surface area contributed by atoms with Gasteiger partial charge in [0.2, 0.25) is 0 Å². The number of hydrogen-bond donors (Lipinski definition) is 0. The molecule has 2 aromatic rings. The van der Waals surface area contributed by atoms with Crippen molar-refractivity contribution < 1.29 is 14.3 Å². The Balaban J connectivity index is 0.00000127. The van der Waals surface area contributed by atoms with Crippen molar-refractivity contribution in [1.82, 2.24) is 0 Å². The monoisotopic (exact) mass is 354 g/mol. The van der Waals surface area contributed by atoms with Crippen molar-refractivity contribution in [3.63, 3.8) is 0 Å². The quantitative estimate of drug-likeness (QED) is 0.682. The Morgan fingerprint density at radius 2 is 1.57 bits per heavy atom. The van der Waals surface area contributed by atoms with Gasteiger partial charge in [0.15, 0.2) is 0 Å². The molecule has 124 valence electrons. The first kappa shape index (κ1) is 19.3. The standard InChI is InChI=1S/C16H14Cl2O3.C2H6/c1-20-16(19)9-11-2-5-13(6-3-11)21-10-12-4-7-14(17)15(18)8-12;1-2/h2-8H,9-10H2,1H3;1-2H3. The van der Waals surface area contributed by atoms with Gasteiger partial charge in [0, 0.05) is 0 Å². The van der Waals surface area contributed by atoms with Crippen LogP contribution in [0.5, 0.6) is 5.75 Å².